The van der Waals surface area contributed by atoms with E-state index in [0.29, 0.717) is 18.0 Å². The number of aryl methyl sites for hydroxylation is 2. The molecule has 3 aromatic rings. The monoisotopic (exact) mass is 490 g/mol. The molecule has 3 rings (SSSR count). The van der Waals surface area contributed by atoms with Crippen molar-refractivity contribution in [1.29, 1.82) is 0 Å². The normalized spacial score (nSPS) is 12.2. The van der Waals surface area contributed by atoms with Crippen LogP contribution in [0, 0.1) is 13.8 Å². The molecule has 4 nitrogen and oxygen atoms in total. The predicted octanol–water partition coefficient (Wildman–Crippen LogP) is 6.05. The van der Waals surface area contributed by atoms with Crippen LogP contribution in [0.4, 0.5) is 0 Å². The van der Waals surface area contributed by atoms with Crippen LogP contribution in [0.3, 0.4) is 0 Å². The molecule has 0 heterocycles. The molecule has 0 radical (unpaired) electrons. The zero-order valence-corrected chi connectivity index (χ0v) is 22.0. The Hall–Kier alpha value is -3.11. The highest BCUT2D eigenvalue weighted by Crippen LogP contribution is 2.20. The maximum Gasteiger partial charge on any atom is 0.243 e. The van der Waals surface area contributed by atoms with Crippen molar-refractivity contribution in [2.45, 2.75) is 65.6 Å². The Kier molecular flexibility index (Phi) is 8.74. The number of carbonyl (C=O) groups excluding carboxylic acids is 2. The van der Waals surface area contributed by atoms with E-state index in [1.54, 1.807) is 11.0 Å². The van der Waals surface area contributed by atoms with Crippen LogP contribution in [0.1, 0.15) is 48.6 Å². The highest BCUT2D eigenvalue weighted by molar-refractivity contribution is 6.30. The van der Waals surface area contributed by atoms with Crippen molar-refractivity contribution in [2.75, 3.05) is 0 Å². The fourth-order valence-electron chi connectivity index (χ4n) is 4.09. The maximum atomic E-state index is 13.9. The molecule has 35 heavy (non-hydrogen) atoms. The number of nitrogens with one attached hydrogen (secondary N) is 1. The van der Waals surface area contributed by atoms with Gasteiger partial charge in [0.2, 0.25) is 11.8 Å². The summed E-state index contributed by atoms with van der Waals surface area (Å²) >= 11 is 6.25. The molecule has 0 fully saturated rings. The third-order valence-electron chi connectivity index (χ3n) is 5.86. The van der Waals surface area contributed by atoms with Gasteiger partial charge in [0.1, 0.15) is 6.04 Å². The number of carbonyl (C=O) groups is 2. The van der Waals surface area contributed by atoms with Gasteiger partial charge < -0.3 is 10.2 Å². The Morgan fingerprint density at radius 2 is 1.60 bits per heavy atom. The van der Waals surface area contributed by atoms with E-state index in [-0.39, 0.29) is 18.2 Å². The van der Waals surface area contributed by atoms with Gasteiger partial charge in [-0.1, -0.05) is 77.8 Å². The summed E-state index contributed by atoms with van der Waals surface area (Å²) in [7, 11) is 0. The summed E-state index contributed by atoms with van der Waals surface area (Å²) in [6, 6.07) is 22.7. The van der Waals surface area contributed by atoms with Crippen molar-refractivity contribution in [3.05, 3.63) is 106 Å². The Balaban J connectivity index is 2.02. The number of nitrogens with zero attached hydrogens (tertiary/aromatic N) is 1. The molecule has 1 atom stereocenters. The number of hydrogen-bond donors (Lipinski definition) is 1. The summed E-state index contributed by atoms with van der Waals surface area (Å²) < 4.78 is 0. The lowest BCUT2D eigenvalue weighted by Crippen LogP contribution is -2.54. The smallest absolute Gasteiger partial charge is 0.243 e. The Labute approximate surface area is 214 Å². The molecule has 0 bridgehead atoms. The molecule has 0 aliphatic carbocycles. The average molecular weight is 491 g/mol. The van der Waals surface area contributed by atoms with E-state index < -0.39 is 11.6 Å². The molecule has 0 aromatic heterocycles. The van der Waals surface area contributed by atoms with E-state index >= 15 is 0 Å². The minimum absolute atomic E-state index is 0.0938. The maximum absolute atomic E-state index is 13.9. The van der Waals surface area contributed by atoms with Crippen molar-refractivity contribution in [1.82, 2.24) is 10.2 Å². The molecule has 0 aliphatic heterocycles. The first kappa shape index (κ1) is 26.5. The van der Waals surface area contributed by atoms with Crippen LogP contribution in [0.15, 0.2) is 72.8 Å². The third kappa shape index (κ3) is 7.97. The summed E-state index contributed by atoms with van der Waals surface area (Å²) in [5.74, 6) is -0.263. The lowest BCUT2D eigenvalue weighted by molar-refractivity contribution is -0.141. The van der Waals surface area contributed by atoms with Gasteiger partial charge in [0.25, 0.3) is 0 Å². The third-order valence-corrected chi connectivity index (χ3v) is 6.09. The van der Waals surface area contributed by atoms with E-state index in [1.807, 2.05) is 101 Å². The zero-order chi connectivity index (χ0) is 25.6. The van der Waals surface area contributed by atoms with Gasteiger partial charge in [0.15, 0.2) is 0 Å². The van der Waals surface area contributed by atoms with Crippen LogP contribution in [0.25, 0.3) is 0 Å². The summed E-state index contributed by atoms with van der Waals surface area (Å²) in [5.41, 5.74) is 4.59. The number of rotatable bonds is 8. The van der Waals surface area contributed by atoms with E-state index in [1.165, 1.54) is 0 Å². The predicted molar refractivity (Wildman–Crippen MR) is 143 cm³/mol. The SMILES string of the molecule is Cc1ccc(C)c(CC(=O)N(Cc2cccc(Cl)c2)[C@@H](Cc2ccccc2)C(=O)NC(C)(C)C)c1. The topological polar surface area (TPSA) is 49.4 Å². The molecule has 0 saturated carbocycles. The van der Waals surface area contributed by atoms with Gasteiger partial charge in [0.05, 0.1) is 6.42 Å². The molecule has 0 spiro atoms. The molecule has 0 aliphatic rings. The number of halogens is 1. The molecule has 0 unspecified atom stereocenters. The van der Waals surface area contributed by atoms with Crippen LogP contribution in [0.2, 0.25) is 5.02 Å². The number of hydrogen-bond acceptors (Lipinski definition) is 2. The standard InChI is InChI=1S/C30H35ClN2O2/c1-21-14-15-22(2)25(16-21)19-28(34)33(20-24-12-9-13-26(31)17-24)27(29(35)32-30(3,4)5)18-23-10-7-6-8-11-23/h6-17,27H,18-20H2,1-5H3,(H,32,35)/t27-/m0/s1. The summed E-state index contributed by atoms with van der Waals surface area (Å²) in [6.45, 7) is 10.2. The van der Waals surface area contributed by atoms with Gasteiger partial charge in [0, 0.05) is 23.5 Å². The van der Waals surface area contributed by atoms with Crippen molar-refractivity contribution < 1.29 is 9.59 Å². The molecule has 3 aromatic carbocycles. The summed E-state index contributed by atoms with van der Waals surface area (Å²) in [5, 5.41) is 3.70. The summed E-state index contributed by atoms with van der Waals surface area (Å²) in [4.78, 5) is 29.2. The molecule has 2 amide bonds. The van der Waals surface area contributed by atoms with Gasteiger partial charge in [-0.15, -0.1) is 0 Å². The van der Waals surface area contributed by atoms with E-state index in [0.717, 1.165) is 27.8 Å². The quantitative estimate of drug-likeness (QED) is 0.417. The van der Waals surface area contributed by atoms with Gasteiger partial charge in [-0.25, -0.2) is 0 Å². The lowest BCUT2D eigenvalue weighted by Gasteiger charge is -2.34. The van der Waals surface area contributed by atoms with Gasteiger partial charge >= 0.3 is 0 Å². The van der Waals surface area contributed by atoms with Gasteiger partial charge in [-0.3, -0.25) is 9.59 Å². The molecular weight excluding hydrogens is 456 g/mol. The average Bonchev–Trinajstić information content (AvgIpc) is 2.78. The fourth-order valence-corrected chi connectivity index (χ4v) is 4.31. The lowest BCUT2D eigenvalue weighted by atomic mass is 9.98. The van der Waals surface area contributed by atoms with Crippen LogP contribution < -0.4 is 5.32 Å². The van der Waals surface area contributed by atoms with Crippen LogP contribution in [0.5, 0.6) is 0 Å². The van der Waals surface area contributed by atoms with Crippen LogP contribution in [-0.4, -0.2) is 28.3 Å². The first-order valence-electron chi connectivity index (χ1n) is 12.0. The minimum atomic E-state index is -0.673. The largest absolute Gasteiger partial charge is 0.350 e. The highest BCUT2D eigenvalue weighted by Gasteiger charge is 2.32. The van der Waals surface area contributed by atoms with Crippen molar-refractivity contribution in [3.63, 3.8) is 0 Å². The van der Waals surface area contributed by atoms with Crippen molar-refractivity contribution in [2.24, 2.45) is 0 Å². The summed E-state index contributed by atoms with van der Waals surface area (Å²) in [6.07, 6.45) is 0.643. The first-order chi connectivity index (χ1) is 16.5. The highest BCUT2D eigenvalue weighted by atomic mass is 35.5. The van der Waals surface area contributed by atoms with Crippen LogP contribution in [-0.2, 0) is 29.0 Å². The second-order valence-electron chi connectivity index (χ2n) is 10.2. The molecule has 184 valence electrons. The van der Waals surface area contributed by atoms with Crippen LogP contribution >= 0.6 is 11.6 Å². The molecule has 5 heteroatoms. The van der Waals surface area contributed by atoms with E-state index in [9.17, 15) is 9.59 Å². The van der Waals surface area contributed by atoms with Crippen molar-refractivity contribution in [3.8, 4) is 0 Å². The van der Waals surface area contributed by atoms with Crippen molar-refractivity contribution >= 4 is 23.4 Å². The van der Waals surface area contributed by atoms with Gasteiger partial charge in [-0.2, -0.15) is 0 Å². The Morgan fingerprint density at radius 3 is 2.26 bits per heavy atom. The fraction of sp³-hybridized carbons (Fsp3) is 0.333. The molecular formula is C30H35ClN2O2. The van der Waals surface area contributed by atoms with E-state index in [4.69, 9.17) is 11.6 Å². The minimum Gasteiger partial charge on any atom is -0.350 e. The molecule has 1 N–H and O–H groups in total. The Bertz CT molecular complexity index is 1170. The van der Waals surface area contributed by atoms with Gasteiger partial charge in [-0.05, 0) is 69.0 Å². The number of benzene rings is 3. The second-order valence-corrected chi connectivity index (χ2v) is 10.6. The second kappa shape index (κ2) is 11.5. The Morgan fingerprint density at radius 1 is 0.914 bits per heavy atom. The van der Waals surface area contributed by atoms with E-state index in [2.05, 4.69) is 5.32 Å². The number of amides is 2. The molecule has 0 saturated heterocycles. The zero-order valence-electron chi connectivity index (χ0n) is 21.3. The first-order valence-corrected chi connectivity index (χ1v) is 12.4.